The number of hydrogen-bond acceptors (Lipinski definition) is 5. The van der Waals surface area contributed by atoms with Crippen molar-refractivity contribution in [3.05, 3.63) is 76.1 Å². The van der Waals surface area contributed by atoms with Crippen molar-refractivity contribution in [2.24, 2.45) is 0 Å². The SMILES string of the molecule is COc1ccccc1-c1ccc(-n2c(N)c3c(cc2=O)C(=O)NC3=O)cc1. The highest BCUT2D eigenvalue weighted by atomic mass is 16.5. The molecule has 2 amide bonds. The lowest BCUT2D eigenvalue weighted by atomic mass is 10.0. The molecule has 7 nitrogen and oxygen atoms in total. The molecule has 0 bridgehead atoms. The molecule has 0 aliphatic carbocycles. The lowest BCUT2D eigenvalue weighted by Gasteiger charge is -2.13. The second-order valence-electron chi connectivity index (χ2n) is 6.02. The predicted molar refractivity (Wildman–Crippen MR) is 100 cm³/mol. The number of amides is 2. The number of benzene rings is 2. The maximum atomic E-state index is 12.5. The van der Waals surface area contributed by atoms with E-state index in [1.807, 2.05) is 36.4 Å². The van der Waals surface area contributed by atoms with Crippen LogP contribution in [0.5, 0.6) is 5.75 Å². The van der Waals surface area contributed by atoms with Crippen molar-refractivity contribution in [3.8, 4) is 22.6 Å². The average Bonchev–Trinajstić information content (AvgIpc) is 2.96. The Kier molecular flexibility index (Phi) is 3.77. The smallest absolute Gasteiger partial charge is 0.262 e. The van der Waals surface area contributed by atoms with Crippen molar-refractivity contribution in [3.63, 3.8) is 0 Å². The van der Waals surface area contributed by atoms with E-state index in [2.05, 4.69) is 5.32 Å². The van der Waals surface area contributed by atoms with Crippen LogP contribution in [0.25, 0.3) is 16.8 Å². The van der Waals surface area contributed by atoms with Gasteiger partial charge in [-0.3, -0.25) is 24.3 Å². The predicted octanol–water partition coefficient (Wildman–Crippen LogP) is 1.98. The molecule has 0 saturated carbocycles. The number of para-hydroxylation sites is 1. The second-order valence-corrected chi connectivity index (χ2v) is 6.02. The summed E-state index contributed by atoms with van der Waals surface area (Å²) in [5, 5.41) is 2.15. The summed E-state index contributed by atoms with van der Waals surface area (Å²) >= 11 is 0. The first-order valence-corrected chi connectivity index (χ1v) is 8.16. The number of imide groups is 1. The summed E-state index contributed by atoms with van der Waals surface area (Å²) < 4.78 is 6.58. The molecule has 27 heavy (non-hydrogen) atoms. The van der Waals surface area contributed by atoms with Crippen molar-refractivity contribution in [2.45, 2.75) is 0 Å². The van der Waals surface area contributed by atoms with Crippen LogP contribution >= 0.6 is 0 Å². The standard InChI is InChI=1S/C20H15N3O4/c1-27-15-5-3-2-4-13(15)11-6-8-12(9-7-11)23-16(24)10-14-17(18(23)21)20(26)22-19(14)25/h2-10H,21H2,1H3,(H,22,25,26). The first-order chi connectivity index (χ1) is 13.0. The van der Waals surface area contributed by atoms with Gasteiger partial charge in [0, 0.05) is 11.6 Å². The first-order valence-electron chi connectivity index (χ1n) is 8.16. The number of hydrogen-bond donors (Lipinski definition) is 2. The molecule has 0 fully saturated rings. The summed E-state index contributed by atoms with van der Waals surface area (Å²) in [4.78, 5) is 36.2. The lowest BCUT2D eigenvalue weighted by Crippen LogP contribution is -2.24. The van der Waals surface area contributed by atoms with Gasteiger partial charge in [-0.25, -0.2) is 0 Å². The minimum atomic E-state index is -0.613. The molecule has 0 radical (unpaired) electrons. The number of pyridine rings is 1. The number of anilines is 1. The van der Waals surface area contributed by atoms with Gasteiger partial charge in [0.25, 0.3) is 17.4 Å². The molecule has 3 N–H and O–H groups in total. The number of ether oxygens (including phenoxy) is 1. The first kappa shape index (κ1) is 16.6. The molecule has 4 rings (SSSR count). The summed E-state index contributed by atoms with van der Waals surface area (Å²) in [5.74, 6) is -0.551. The number of carbonyl (C=O) groups excluding carboxylic acids is 2. The lowest BCUT2D eigenvalue weighted by molar-refractivity contribution is 0.0880. The van der Waals surface area contributed by atoms with Crippen molar-refractivity contribution in [2.75, 3.05) is 12.8 Å². The van der Waals surface area contributed by atoms with Gasteiger partial charge in [0.1, 0.15) is 11.6 Å². The summed E-state index contributed by atoms with van der Waals surface area (Å²) in [6.45, 7) is 0. The molecule has 3 aromatic rings. The van der Waals surface area contributed by atoms with Gasteiger partial charge in [0.15, 0.2) is 0 Å². The number of methoxy groups -OCH3 is 1. The quantitative estimate of drug-likeness (QED) is 0.694. The van der Waals surface area contributed by atoms with Gasteiger partial charge >= 0.3 is 0 Å². The summed E-state index contributed by atoms with van der Waals surface area (Å²) in [5.41, 5.74) is 7.89. The molecule has 0 saturated heterocycles. The fourth-order valence-corrected chi connectivity index (χ4v) is 3.22. The number of nitrogen functional groups attached to an aromatic ring is 1. The fourth-order valence-electron chi connectivity index (χ4n) is 3.22. The van der Waals surface area contributed by atoms with E-state index in [4.69, 9.17) is 10.5 Å². The summed E-state index contributed by atoms with van der Waals surface area (Å²) in [6.07, 6.45) is 0. The molecule has 2 heterocycles. The van der Waals surface area contributed by atoms with Gasteiger partial charge < -0.3 is 10.5 Å². The van der Waals surface area contributed by atoms with E-state index in [0.717, 1.165) is 22.9 Å². The van der Waals surface area contributed by atoms with Crippen LogP contribution in [0.3, 0.4) is 0 Å². The number of nitrogens with two attached hydrogens (primary N) is 1. The van der Waals surface area contributed by atoms with Gasteiger partial charge in [-0.1, -0.05) is 30.3 Å². The van der Waals surface area contributed by atoms with Gasteiger partial charge in [0.2, 0.25) is 0 Å². The number of nitrogens with one attached hydrogen (secondary N) is 1. The normalized spacial score (nSPS) is 12.6. The Morgan fingerprint density at radius 2 is 1.63 bits per heavy atom. The van der Waals surface area contributed by atoms with Crippen molar-refractivity contribution in [1.29, 1.82) is 0 Å². The topological polar surface area (TPSA) is 103 Å². The van der Waals surface area contributed by atoms with E-state index in [9.17, 15) is 14.4 Å². The number of carbonyl (C=O) groups is 2. The van der Waals surface area contributed by atoms with Gasteiger partial charge in [-0.15, -0.1) is 0 Å². The Balaban J connectivity index is 1.82. The van der Waals surface area contributed by atoms with Crippen LogP contribution in [-0.4, -0.2) is 23.5 Å². The number of nitrogens with zero attached hydrogens (tertiary/aromatic N) is 1. The maximum absolute atomic E-state index is 12.5. The van der Waals surface area contributed by atoms with Crippen molar-refractivity contribution in [1.82, 2.24) is 9.88 Å². The van der Waals surface area contributed by atoms with Crippen LogP contribution in [0.15, 0.2) is 59.4 Å². The molecule has 1 aliphatic heterocycles. The molecule has 0 atom stereocenters. The van der Waals surface area contributed by atoms with Crippen LogP contribution in [0, 0.1) is 0 Å². The number of rotatable bonds is 3. The zero-order valence-electron chi connectivity index (χ0n) is 14.4. The Morgan fingerprint density at radius 3 is 2.33 bits per heavy atom. The molecule has 1 aliphatic rings. The summed E-state index contributed by atoms with van der Waals surface area (Å²) in [7, 11) is 1.60. The van der Waals surface area contributed by atoms with Gasteiger partial charge in [0.05, 0.1) is 23.9 Å². The van der Waals surface area contributed by atoms with E-state index in [-0.39, 0.29) is 16.9 Å². The third-order valence-electron chi connectivity index (χ3n) is 4.50. The Labute approximate surface area is 154 Å². The Morgan fingerprint density at radius 1 is 0.926 bits per heavy atom. The van der Waals surface area contributed by atoms with E-state index in [0.29, 0.717) is 5.69 Å². The Bertz CT molecular complexity index is 1150. The fraction of sp³-hybridized carbons (Fsp3) is 0.0500. The van der Waals surface area contributed by atoms with Crippen LogP contribution in [0.2, 0.25) is 0 Å². The van der Waals surface area contributed by atoms with E-state index in [1.54, 1.807) is 19.2 Å². The molecule has 134 valence electrons. The van der Waals surface area contributed by atoms with E-state index >= 15 is 0 Å². The molecule has 0 unspecified atom stereocenters. The second kappa shape index (κ2) is 6.14. The zero-order chi connectivity index (χ0) is 19.1. The Hall–Kier alpha value is -3.87. The molecular formula is C20H15N3O4. The zero-order valence-corrected chi connectivity index (χ0v) is 14.4. The average molecular weight is 361 g/mol. The number of aromatic nitrogens is 1. The highest BCUT2D eigenvalue weighted by Crippen LogP contribution is 2.30. The summed E-state index contributed by atoms with van der Waals surface area (Å²) in [6, 6.07) is 15.8. The maximum Gasteiger partial charge on any atom is 0.262 e. The largest absolute Gasteiger partial charge is 0.496 e. The molecule has 2 aromatic carbocycles. The third-order valence-corrected chi connectivity index (χ3v) is 4.50. The molecular weight excluding hydrogens is 346 g/mol. The van der Waals surface area contributed by atoms with Crippen LogP contribution in [0.1, 0.15) is 20.7 Å². The highest BCUT2D eigenvalue weighted by molar-refractivity contribution is 6.23. The molecule has 7 heteroatoms. The monoisotopic (exact) mass is 361 g/mol. The number of fused-ring (bicyclic) bond motifs is 1. The van der Waals surface area contributed by atoms with Crippen LogP contribution in [-0.2, 0) is 0 Å². The minimum absolute atomic E-state index is 0.00407. The molecule has 1 aromatic heterocycles. The highest BCUT2D eigenvalue weighted by Gasteiger charge is 2.31. The third kappa shape index (κ3) is 2.56. The van der Waals surface area contributed by atoms with Gasteiger partial charge in [-0.05, 0) is 23.8 Å². The van der Waals surface area contributed by atoms with Crippen LogP contribution in [0.4, 0.5) is 5.82 Å². The van der Waals surface area contributed by atoms with E-state index in [1.165, 1.54) is 4.57 Å². The molecule has 0 spiro atoms. The minimum Gasteiger partial charge on any atom is -0.496 e. The van der Waals surface area contributed by atoms with Gasteiger partial charge in [-0.2, -0.15) is 0 Å². The van der Waals surface area contributed by atoms with Crippen molar-refractivity contribution >= 4 is 17.6 Å². The van der Waals surface area contributed by atoms with Crippen LogP contribution < -0.4 is 21.3 Å². The van der Waals surface area contributed by atoms with E-state index < -0.39 is 17.4 Å². The van der Waals surface area contributed by atoms with Crippen molar-refractivity contribution < 1.29 is 14.3 Å².